The molecule has 0 aliphatic rings. The van der Waals surface area contributed by atoms with Crippen molar-refractivity contribution >= 4 is 55.9 Å². The van der Waals surface area contributed by atoms with E-state index in [1.165, 1.54) is 0 Å². The molecule has 0 bridgehead atoms. The highest BCUT2D eigenvalue weighted by Crippen LogP contribution is 2.31. The van der Waals surface area contributed by atoms with Crippen LogP contribution in [0, 0.1) is 0 Å². The van der Waals surface area contributed by atoms with Gasteiger partial charge in [0.1, 0.15) is 0 Å². The summed E-state index contributed by atoms with van der Waals surface area (Å²) in [4.78, 5) is 27.2. The third kappa shape index (κ3) is 3.32. The normalized spacial score (nSPS) is 10.7. The van der Waals surface area contributed by atoms with E-state index in [-0.39, 0.29) is 10.8 Å². The number of anilines is 1. The van der Waals surface area contributed by atoms with E-state index in [0.29, 0.717) is 9.60 Å². The van der Waals surface area contributed by atoms with Gasteiger partial charge in [0.15, 0.2) is 9.61 Å². The van der Waals surface area contributed by atoms with Gasteiger partial charge >= 0.3 is 6.09 Å². The molecule has 0 saturated heterocycles. The number of carbonyl (C=O) groups is 2. The Kier molecular flexibility index (Phi) is 4.01. The Hall–Kier alpha value is -2.46. The van der Waals surface area contributed by atoms with E-state index in [2.05, 4.69) is 31.3 Å². The molecule has 0 aliphatic heterocycles. The fraction of sp³-hybridized carbons (Fsp3) is 0.0769. The van der Waals surface area contributed by atoms with Crippen molar-refractivity contribution in [2.24, 2.45) is 12.8 Å². The van der Waals surface area contributed by atoms with E-state index < -0.39 is 12.0 Å². The first kappa shape index (κ1) is 15.4. The van der Waals surface area contributed by atoms with Crippen LogP contribution in [-0.4, -0.2) is 26.8 Å². The van der Waals surface area contributed by atoms with Gasteiger partial charge in [0.05, 0.1) is 5.52 Å². The lowest BCUT2D eigenvalue weighted by molar-refractivity contribution is 0.102. The molecule has 0 spiro atoms. The molecule has 3 aromatic rings. The number of rotatable bonds is 3. The van der Waals surface area contributed by atoms with E-state index in [9.17, 15) is 9.59 Å². The van der Waals surface area contributed by atoms with E-state index >= 15 is 0 Å². The molecule has 118 valence electrons. The van der Waals surface area contributed by atoms with Crippen molar-refractivity contribution in [3.8, 4) is 5.06 Å². The predicted molar refractivity (Wildman–Crippen MR) is 88.7 cm³/mol. The van der Waals surface area contributed by atoms with Crippen molar-refractivity contribution in [1.82, 2.24) is 14.8 Å². The zero-order valence-electron chi connectivity index (χ0n) is 11.7. The molecule has 2 amide bonds. The highest BCUT2D eigenvalue weighted by molar-refractivity contribution is 9.11. The first-order chi connectivity index (χ1) is 10.9. The topological polar surface area (TPSA) is 112 Å². The number of nitrogens with one attached hydrogen (secondary N) is 1. The number of amides is 2. The van der Waals surface area contributed by atoms with Gasteiger partial charge in [-0.05, 0) is 34.1 Å². The third-order valence-electron chi connectivity index (χ3n) is 2.86. The third-order valence-corrected chi connectivity index (χ3v) is 4.24. The highest BCUT2D eigenvalue weighted by atomic mass is 79.9. The summed E-state index contributed by atoms with van der Waals surface area (Å²) >= 11 is 4.14. The van der Waals surface area contributed by atoms with Gasteiger partial charge in [-0.3, -0.25) is 9.48 Å². The first-order valence-corrected chi connectivity index (χ1v) is 7.91. The zero-order chi connectivity index (χ0) is 16.6. The van der Waals surface area contributed by atoms with Crippen LogP contribution >= 0.6 is 27.3 Å². The number of hydrogen-bond donors (Lipinski definition) is 2. The highest BCUT2D eigenvalue weighted by Gasteiger charge is 2.21. The second-order valence-corrected chi connectivity index (χ2v) is 6.79. The number of ether oxygens (including phenoxy) is 1. The van der Waals surface area contributed by atoms with Gasteiger partial charge in [0.2, 0.25) is 5.06 Å². The molecule has 0 radical (unpaired) electrons. The predicted octanol–water partition coefficient (Wildman–Crippen LogP) is 2.50. The summed E-state index contributed by atoms with van der Waals surface area (Å²) in [6.45, 7) is 0. The van der Waals surface area contributed by atoms with Crippen molar-refractivity contribution in [3.63, 3.8) is 0 Å². The molecule has 23 heavy (non-hydrogen) atoms. The molecule has 3 rings (SSSR count). The quantitative estimate of drug-likeness (QED) is 0.707. The second-order valence-electron chi connectivity index (χ2n) is 4.55. The van der Waals surface area contributed by atoms with Crippen LogP contribution in [0.3, 0.4) is 0 Å². The fourth-order valence-electron chi connectivity index (χ4n) is 1.99. The molecule has 3 N–H and O–H groups in total. The summed E-state index contributed by atoms with van der Waals surface area (Å²) in [5, 5.41) is 7.95. The van der Waals surface area contributed by atoms with Crippen LogP contribution in [0.25, 0.3) is 10.9 Å². The molecule has 0 aliphatic carbocycles. The number of benzene rings is 1. The maximum absolute atomic E-state index is 12.3. The molecule has 0 unspecified atom stereocenters. The number of aromatic nitrogens is 3. The Morgan fingerprint density at radius 1 is 1.43 bits per heavy atom. The Morgan fingerprint density at radius 3 is 2.96 bits per heavy atom. The minimum atomic E-state index is -1.01. The van der Waals surface area contributed by atoms with Crippen LogP contribution in [0.5, 0.6) is 5.06 Å². The lowest BCUT2D eigenvalue weighted by atomic mass is 10.2. The van der Waals surface area contributed by atoms with Gasteiger partial charge < -0.3 is 15.8 Å². The number of nitrogens with zero attached hydrogens (tertiary/aromatic N) is 3. The minimum absolute atomic E-state index is 0.0261. The summed E-state index contributed by atoms with van der Waals surface area (Å²) in [6.07, 6.45) is 0.863. The summed E-state index contributed by atoms with van der Waals surface area (Å²) in [5.74, 6) is -0.515. The number of aryl methyl sites for hydroxylation is 1. The van der Waals surface area contributed by atoms with Crippen LogP contribution < -0.4 is 15.8 Å². The number of nitrogens with two attached hydrogens (primary N) is 1. The SMILES string of the molecule is Cn1cc2ccc(NC(=O)c3nc(Br)sc3OC(N)=O)cc2n1. The molecule has 1 aromatic carbocycles. The smallest absolute Gasteiger partial charge is 0.397 e. The number of thiazole rings is 1. The van der Waals surface area contributed by atoms with Crippen molar-refractivity contribution in [3.05, 3.63) is 34.0 Å². The van der Waals surface area contributed by atoms with Crippen LogP contribution in [0.4, 0.5) is 10.5 Å². The average Bonchev–Trinajstić information content (AvgIpc) is 2.99. The number of fused-ring (bicyclic) bond motifs is 1. The fourth-order valence-corrected chi connectivity index (χ4v) is 3.26. The van der Waals surface area contributed by atoms with Gasteiger partial charge in [-0.25, -0.2) is 9.78 Å². The van der Waals surface area contributed by atoms with Crippen LogP contribution in [0.15, 0.2) is 28.3 Å². The molecule has 0 fully saturated rings. The summed E-state index contributed by atoms with van der Waals surface area (Å²) in [6, 6.07) is 5.33. The Balaban J connectivity index is 1.86. The lowest BCUT2D eigenvalue weighted by Crippen LogP contribution is -2.19. The van der Waals surface area contributed by atoms with Gasteiger partial charge in [0, 0.05) is 24.3 Å². The van der Waals surface area contributed by atoms with Crippen LogP contribution in [0.2, 0.25) is 0 Å². The van der Waals surface area contributed by atoms with Crippen molar-refractivity contribution in [2.75, 3.05) is 5.32 Å². The number of carbonyl (C=O) groups excluding carboxylic acids is 2. The maximum atomic E-state index is 12.3. The molecule has 8 nitrogen and oxygen atoms in total. The standard InChI is InChI=1S/C13H10BrN5O3S/c1-19-5-6-2-3-7(4-8(6)18-19)16-10(20)9-11(22-13(15)21)23-12(14)17-9/h2-5H,1H3,(H2,15,21)(H,16,20). The number of halogens is 1. The van der Waals surface area contributed by atoms with Gasteiger partial charge in [-0.2, -0.15) is 5.10 Å². The number of primary amides is 1. The largest absolute Gasteiger partial charge is 0.410 e. The van der Waals surface area contributed by atoms with E-state index in [0.717, 1.165) is 22.2 Å². The van der Waals surface area contributed by atoms with Crippen LogP contribution in [-0.2, 0) is 7.05 Å². The average molecular weight is 396 g/mol. The second kappa shape index (κ2) is 5.97. The lowest BCUT2D eigenvalue weighted by Gasteiger charge is -2.04. The van der Waals surface area contributed by atoms with E-state index in [1.807, 2.05) is 19.3 Å². The first-order valence-electron chi connectivity index (χ1n) is 6.31. The molecule has 0 saturated carbocycles. The Labute approximate surface area is 142 Å². The summed E-state index contributed by atoms with van der Waals surface area (Å²) in [7, 11) is 1.82. The Morgan fingerprint density at radius 2 is 2.22 bits per heavy atom. The molecule has 10 heteroatoms. The van der Waals surface area contributed by atoms with Crippen molar-refractivity contribution in [2.45, 2.75) is 0 Å². The van der Waals surface area contributed by atoms with E-state index in [1.54, 1.807) is 16.8 Å². The zero-order valence-corrected chi connectivity index (χ0v) is 14.1. The van der Waals surface area contributed by atoms with Gasteiger partial charge in [-0.1, -0.05) is 11.3 Å². The monoisotopic (exact) mass is 395 g/mol. The van der Waals surface area contributed by atoms with Crippen molar-refractivity contribution < 1.29 is 14.3 Å². The van der Waals surface area contributed by atoms with Crippen LogP contribution in [0.1, 0.15) is 10.5 Å². The molecule has 2 heterocycles. The van der Waals surface area contributed by atoms with Gasteiger partial charge in [0.25, 0.3) is 5.91 Å². The molecule has 0 atom stereocenters. The molecular formula is C13H10BrN5O3S. The number of hydrogen-bond acceptors (Lipinski definition) is 6. The molecular weight excluding hydrogens is 386 g/mol. The van der Waals surface area contributed by atoms with Gasteiger partial charge in [-0.15, -0.1) is 0 Å². The van der Waals surface area contributed by atoms with E-state index in [4.69, 9.17) is 10.5 Å². The maximum Gasteiger partial charge on any atom is 0.410 e. The summed E-state index contributed by atoms with van der Waals surface area (Å²) in [5.41, 5.74) is 6.25. The summed E-state index contributed by atoms with van der Waals surface area (Å²) < 4.78 is 6.88. The molecule has 2 aromatic heterocycles. The van der Waals surface area contributed by atoms with Crippen molar-refractivity contribution in [1.29, 1.82) is 0 Å². The Bertz CT molecular complexity index is 920. The minimum Gasteiger partial charge on any atom is -0.397 e.